The van der Waals surface area contributed by atoms with Gasteiger partial charge in [-0.15, -0.1) is 0 Å². The van der Waals surface area contributed by atoms with Gasteiger partial charge in [-0.2, -0.15) is 0 Å². The minimum absolute atomic E-state index is 0. The van der Waals surface area contributed by atoms with Crippen LogP contribution in [0.2, 0.25) is 0 Å². The van der Waals surface area contributed by atoms with Gasteiger partial charge in [0.25, 0.3) is 0 Å². The van der Waals surface area contributed by atoms with Gasteiger partial charge in [-0.1, -0.05) is 13.8 Å². The van der Waals surface area contributed by atoms with Crippen LogP contribution in [0.15, 0.2) is 0 Å². The molecule has 12 heavy (non-hydrogen) atoms. The van der Waals surface area contributed by atoms with E-state index in [4.69, 9.17) is 0 Å². The summed E-state index contributed by atoms with van der Waals surface area (Å²) in [5.74, 6) is 0. The predicted molar refractivity (Wildman–Crippen MR) is 50.9 cm³/mol. The Morgan fingerprint density at radius 1 is 1.08 bits per heavy atom. The van der Waals surface area contributed by atoms with E-state index in [1.54, 1.807) is 0 Å². The Bertz CT molecular complexity index is 118. The van der Waals surface area contributed by atoms with Gasteiger partial charge in [-0.25, -0.2) is 0 Å². The maximum Gasteiger partial charge on any atom is 2.00 e. The molecule has 1 aliphatic rings. The van der Waals surface area contributed by atoms with Crippen molar-refractivity contribution in [3.8, 4) is 0 Å². The molecule has 0 atom stereocenters. The summed E-state index contributed by atoms with van der Waals surface area (Å²) in [6, 6.07) is 0. The summed E-state index contributed by atoms with van der Waals surface area (Å²) in [5.41, 5.74) is 0.788. The van der Waals surface area contributed by atoms with Crippen LogP contribution >= 0.6 is 0 Å². The van der Waals surface area contributed by atoms with Crippen LogP contribution in [0.5, 0.6) is 0 Å². The average Bonchev–Trinajstić information content (AvgIpc) is 1.77. The summed E-state index contributed by atoms with van der Waals surface area (Å²) >= 11 is 0. The third-order valence-electron chi connectivity index (χ3n) is 3.24. The fourth-order valence-electron chi connectivity index (χ4n) is 1.48. The monoisotopic (exact) mass is 244 g/mol. The van der Waals surface area contributed by atoms with Crippen LogP contribution in [-0.4, -0.2) is 35.1 Å². The van der Waals surface area contributed by atoms with Gasteiger partial charge in [0, 0.05) is 5.54 Å². The number of nitrogens with one attached hydrogen (secondary N) is 1. The summed E-state index contributed by atoms with van der Waals surface area (Å²) < 4.78 is 0. The molecule has 0 aliphatic carbocycles. The molecule has 0 aromatic rings. The van der Waals surface area contributed by atoms with E-state index < -0.39 is 0 Å². The fraction of sp³-hybridized carbons (Fsp3) is 1.00. The van der Waals surface area contributed by atoms with Crippen molar-refractivity contribution in [2.24, 2.45) is 5.41 Å². The van der Waals surface area contributed by atoms with Crippen LogP contribution in [0.25, 0.3) is 0 Å². The maximum absolute atomic E-state index is 3.55. The molecule has 0 bridgehead atoms. The van der Waals surface area contributed by atoms with Crippen molar-refractivity contribution in [2.45, 2.75) is 46.1 Å². The molecule has 68 valence electrons. The van der Waals surface area contributed by atoms with Gasteiger partial charge in [0.2, 0.25) is 0 Å². The number of rotatable bonds is 0. The van der Waals surface area contributed by atoms with Crippen LogP contribution in [0, 0.1) is 5.41 Å². The molecule has 0 aromatic carbocycles. The van der Waals surface area contributed by atoms with E-state index in [1.165, 1.54) is 19.4 Å². The van der Waals surface area contributed by atoms with Crippen molar-refractivity contribution in [1.29, 1.82) is 0 Å². The molecule has 0 aromatic heterocycles. The Morgan fingerprint density at radius 2 is 1.58 bits per heavy atom. The smallest absolute Gasteiger partial charge is 1.00 e. The van der Waals surface area contributed by atoms with Crippen molar-refractivity contribution in [3.63, 3.8) is 0 Å². The van der Waals surface area contributed by atoms with E-state index in [1.807, 2.05) is 0 Å². The molecule has 0 unspecified atom stereocenters. The quantitative estimate of drug-likeness (QED) is 0.529. The number of hydrogen-bond acceptors (Lipinski definition) is 1. The summed E-state index contributed by atoms with van der Waals surface area (Å²) in [4.78, 5) is 0. The molecule has 1 fully saturated rings. The topological polar surface area (TPSA) is 12.0 Å². The molecule has 1 rings (SSSR count). The molecule has 1 heterocycles. The predicted octanol–water partition coefficient (Wildman–Crippen LogP) is -1.20. The maximum atomic E-state index is 3.55. The number of hydrogen-bond donors (Lipinski definition) is 1. The first-order valence-corrected chi connectivity index (χ1v) is 4.21. The first-order valence-electron chi connectivity index (χ1n) is 4.21. The van der Waals surface area contributed by atoms with Crippen molar-refractivity contribution in [1.82, 2.24) is 5.32 Å². The first-order chi connectivity index (χ1) is 4.46. The van der Waals surface area contributed by atoms with E-state index in [0.29, 0.717) is 11.0 Å². The summed E-state index contributed by atoms with van der Waals surface area (Å²) in [5, 5.41) is 3.55. The summed E-state index contributed by atoms with van der Waals surface area (Å²) in [6.07, 6.45) is 2.68. The zero-order chi connectivity index (χ0) is 7.83. The normalized spacial score (nSPS) is 25.0. The van der Waals surface area contributed by atoms with Gasteiger partial charge < -0.3 is 22.3 Å². The average molecular weight is 245 g/mol. The Labute approximate surface area is 103 Å². The molecule has 0 saturated carbocycles. The summed E-state index contributed by atoms with van der Waals surface area (Å²) in [7, 11) is 0. The zero-order valence-corrected chi connectivity index (χ0v) is 11.7. The number of piperidine rings is 1. The molecular weight excluding hydrogens is 226 g/mol. The molecule has 3 heteroatoms. The molecule has 1 saturated heterocycles. The second-order valence-electron chi connectivity index (χ2n) is 4.54. The standard InChI is InChI=1S/C9H19N.BrH.Mg/c1-8(2)6-5-7-10-9(8,3)4;;/h10H,5-7H2,1-4H3;1H;/q;;+2/p-1. The Kier molecular flexibility index (Phi) is 6.76. The van der Waals surface area contributed by atoms with Crippen molar-refractivity contribution >= 4 is 23.1 Å². The SMILES string of the molecule is CC1(C)CCCNC1(C)C.[Br-].[Mg+2]. The Hall–Kier alpha value is 1.21. The van der Waals surface area contributed by atoms with Gasteiger partial charge in [0.1, 0.15) is 0 Å². The zero-order valence-electron chi connectivity index (χ0n) is 8.71. The molecule has 1 N–H and O–H groups in total. The van der Waals surface area contributed by atoms with Gasteiger partial charge in [0.15, 0.2) is 0 Å². The molecule has 0 radical (unpaired) electrons. The third kappa shape index (κ3) is 3.16. The minimum atomic E-state index is 0. The molecule has 1 nitrogen and oxygen atoms in total. The van der Waals surface area contributed by atoms with E-state index in [0.717, 1.165) is 0 Å². The fourth-order valence-corrected chi connectivity index (χ4v) is 1.48. The molecule has 0 spiro atoms. The second kappa shape index (κ2) is 5.18. The van der Waals surface area contributed by atoms with Crippen molar-refractivity contribution < 1.29 is 17.0 Å². The van der Waals surface area contributed by atoms with Crippen LogP contribution in [0.1, 0.15) is 40.5 Å². The van der Waals surface area contributed by atoms with E-state index in [-0.39, 0.29) is 40.0 Å². The third-order valence-corrected chi connectivity index (χ3v) is 3.24. The first kappa shape index (κ1) is 15.7. The molecule has 0 amide bonds. The van der Waals surface area contributed by atoms with Crippen LogP contribution < -0.4 is 22.3 Å². The largest absolute Gasteiger partial charge is 2.00 e. The van der Waals surface area contributed by atoms with Crippen LogP contribution in [-0.2, 0) is 0 Å². The van der Waals surface area contributed by atoms with Crippen molar-refractivity contribution in [3.05, 3.63) is 0 Å². The van der Waals surface area contributed by atoms with Crippen molar-refractivity contribution in [2.75, 3.05) is 6.54 Å². The van der Waals surface area contributed by atoms with Gasteiger partial charge in [-0.05, 0) is 38.6 Å². The molecule has 1 aliphatic heterocycles. The number of halogens is 1. The van der Waals surface area contributed by atoms with Crippen LogP contribution in [0.4, 0.5) is 0 Å². The van der Waals surface area contributed by atoms with Gasteiger partial charge in [-0.3, -0.25) is 0 Å². The summed E-state index contributed by atoms with van der Waals surface area (Å²) in [6.45, 7) is 10.5. The van der Waals surface area contributed by atoms with E-state index in [2.05, 4.69) is 33.0 Å². The van der Waals surface area contributed by atoms with Gasteiger partial charge in [0.05, 0.1) is 0 Å². The minimum Gasteiger partial charge on any atom is -1.00 e. The second-order valence-corrected chi connectivity index (χ2v) is 4.54. The van der Waals surface area contributed by atoms with E-state index >= 15 is 0 Å². The Morgan fingerprint density at radius 3 is 1.83 bits per heavy atom. The molecular formula is C9H19BrMgN+. The van der Waals surface area contributed by atoms with Gasteiger partial charge >= 0.3 is 23.1 Å². The van der Waals surface area contributed by atoms with Crippen LogP contribution in [0.3, 0.4) is 0 Å². The Balaban J connectivity index is 0. The van der Waals surface area contributed by atoms with E-state index in [9.17, 15) is 0 Å².